The zero-order chi connectivity index (χ0) is 18.4. The van der Waals surface area contributed by atoms with Gasteiger partial charge in [-0.05, 0) is 60.9 Å². The number of unbranched alkanes of at least 4 members (excludes halogenated alkanes) is 1. The fourth-order valence-corrected chi connectivity index (χ4v) is 3.13. The number of halogens is 3. The third-order valence-corrected chi connectivity index (χ3v) is 4.71. The Morgan fingerprint density at radius 3 is 2.67 bits per heavy atom. The Morgan fingerprint density at radius 2 is 1.85 bits per heavy atom. The Morgan fingerprint density at radius 1 is 1.00 bits per heavy atom. The maximum Gasteiger partial charge on any atom is 0.129 e. The fraction of sp³-hybridized carbons (Fsp3) is 0.318. The van der Waals surface area contributed by atoms with Crippen molar-refractivity contribution in [1.82, 2.24) is 10.3 Å². The molecule has 1 N–H and O–H groups in total. The first-order valence-corrected chi connectivity index (χ1v) is 9.12. The molecule has 27 heavy (non-hydrogen) atoms. The molecule has 3 aromatic rings. The van der Waals surface area contributed by atoms with Gasteiger partial charge in [-0.2, -0.15) is 0 Å². The molecule has 0 saturated heterocycles. The molecule has 144 valence electrons. The summed E-state index contributed by atoms with van der Waals surface area (Å²) in [5.41, 5.74) is 1.85. The second kappa shape index (κ2) is 10.3. The standard InChI is InChI=1S/C22H24F2N2.ClH/c1-16(4-2-3-5-18-8-9-21(23)13-22(18)24)26-14-17-6-7-20-15-25-11-10-19(20)12-17;/h6-13,15-16,26H,2-5,14H2,1H3;1H/t16-;/m1./s1. The number of pyridine rings is 1. The molecule has 0 unspecified atom stereocenters. The van der Waals surface area contributed by atoms with E-state index in [1.807, 2.05) is 18.5 Å². The summed E-state index contributed by atoms with van der Waals surface area (Å²) < 4.78 is 26.5. The Bertz CT molecular complexity index is 870. The van der Waals surface area contributed by atoms with Crippen molar-refractivity contribution in [2.24, 2.45) is 0 Å². The predicted octanol–water partition coefficient (Wildman–Crippen LogP) is 5.83. The van der Waals surface area contributed by atoms with Gasteiger partial charge in [-0.1, -0.05) is 24.6 Å². The van der Waals surface area contributed by atoms with Crippen molar-refractivity contribution in [3.63, 3.8) is 0 Å². The number of hydrogen-bond acceptors (Lipinski definition) is 2. The minimum absolute atomic E-state index is 0. The molecule has 0 aliphatic heterocycles. The van der Waals surface area contributed by atoms with E-state index in [1.165, 1.54) is 17.0 Å². The lowest BCUT2D eigenvalue weighted by molar-refractivity contribution is 0.486. The number of nitrogens with zero attached hydrogens (tertiary/aromatic N) is 1. The first-order chi connectivity index (χ1) is 12.6. The van der Waals surface area contributed by atoms with E-state index in [2.05, 4.69) is 35.4 Å². The smallest absolute Gasteiger partial charge is 0.129 e. The monoisotopic (exact) mass is 390 g/mol. The van der Waals surface area contributed by atoms with Gasteiger partial charge in [0.1, 0.15) is 11.6 Å². The molecule has 1 aromatic heterocycles. The Kier molecular flexibility index (Phi) is 8.14. The molecule has 3 rings (SSSR count). The normalized spacial score (nSPS) is 12.0. The lowest BCUT2D eigenvalue weighted by Gasteiger charge is -2.14. The lowest BCUT2D eigenvalue weighted by Crippen LogP contribution is -2.25. The highest BCUT2D eigenvalue weighted by molar-refractivity contribution is 5.85. The molecule has 5 heteroatoms. The van der Waals surface area contributed by atoms with Crippen LogP contribution in [0, 0.1) is 11.6 Å². The summed E-state index contributed by atoms with van der Waals surface area (Å²) in [7, 11) is 0. The van der Waals surface area contributed by atoms with E-state index in [0.717, 1.165) is 37.3 Å². The number of benzene rings is 2. The van der Waals surface area contributed by atoms with Gasteiger partial charge in [0, 0.05) is 36.4 Å². The summed E-state index contributed by atoms with van der Waals surface area (Å²) in [6, 6.07) is 12.7. The Balaban J connectivity index is 0.00000261. The number of hydrogen-bond donors (Lipinski definition) is 1. The molecular formula is C22H25ClF2N2. The number of aromatic nitrogens is 1. The Labute approximate surface area is 165 Å². The summed E-state index contributed by atoms with van der Waals surface area (Å²) in [4.78, 5) is 4.13. The lowest BCUT2D eigenvalue weighted by atomic mass is 10.0. The fourth-order valence-electron chi connectivity index (χ4n) is 3.13. The molecular weight excluding hydrogens is 366 g/mol. The first-order valence-electron chi connectivity index (χ1n) is 9.12. The molecule has 1 atom stereocenters. The largest absolute Gasteiger partial charge is 0.310 e. The summed E-state index contributed by atoms with van der Waals surface area (Å²) >= 11 is 0. The summed E-state index contributed by atoms with van der Waals surface area (Å²) in [5, 5.41) is 5.89. The molecule has 0 amide bonds. The van der Waals surface area contributed by atoms with Crippen LogP contribution >= 0.6 is 12.4 Å². The minimum atomic E-state index is -0.519. The van der Waals surface area contributed by atoms with Crippen LogP contribution in [0.1, 0.15) is 37.3 Å². The van der Waals surface area contributed by atoms with Gasteiger partial charge in [0.25, 0.3) is 0 Å². The molecule has 1 heterocycles. The number of nitrogens with one attached hydrogen (secondary N) is 1. The van der Waals surface area contributed by atoms with Gasteiger partial charge in [0.05, 0.1) is 0 Å². The van der Waals surface area contributed by atoms with Gasteiger partial charge in [-0.3, -0.25) is 4.98 Å². The average molecular weight is 391 g/mol. The van der Waals surface area contributed by atoms with Crippen LogP contribution < -0.4 is 5.32 Å². The second-order valence-electron chi connectivity index (χ2n) is 6.82. The van der Waals surface area contributed by atoms with Crippen molar-refractivity contribution < 1.29 is 8.78 Å². The maximum absolute atomic E-state index is 13.6. The number of aryl methyl sites for hydroxylation is 1. The van der Waals surface area contributed by atoms with Gasteiger partial charge in [-0.25, -0.2) is 8.78 Å². The molecule has 0 saturated carbocycles. The molecule has 0 aliphatic rings. The summed E-state index contributed by atoms with van der Waals surface area (Å²) in [6.45, 7) is 3.00. The highest BCUT2D eigenvalue weighted by atomic mass is 35.5. The van der Waals surface area contributed by atoms with Crippen LogP contribution in [0.5, 0.6) is 0 Å². The Hall–Kier alpha value is -2.04. The molecule has 0 spiro atoms. The molecule has 0 radical (unpaired) electrons. The third-order valence-electron chi connectivity index (χ3n) is 4.71. The van der Waals surface area contributed by atoms with Crippen molar-refractivity contribution in [3.05, 3.63) is 77.6 Å². The molecule has 0 bridgehead atoms. The molecule has 0 aliphatic carbocycles. The summed E-state index contributed by atoms with van der Waals surface area (Å²) in [6.07, 6.45) is 7.27. The van der Waals surface area contributed by atoms with Gasteiger partial charge in [0.2, 0.25) is 0 Å². The van der Waals surface area contributed by atoms with Gasteiger partial charge < -0.3 is 5.32 Å². The topological polar surface area (TPSA) is 24.9 Å². The van der Waals surface area contributed by atoms with E-state index in [0.29, 0.717) is 18.0 Å². The zero-order valence-electron chi connectivity index (χ0n) is 15.4. The van der Waals surface area contributed by atoms with Gasteiger partial charge >= 0.3 is 0 Å². The van der Waals surface area contributed by atoms with Crippen molar-refractivity contribution in [2.45, 2.75) is 45.2 Å². The van der Waals surface area contributed by atoms with Crippen LogP contribution in [0.15, 0.2) is 54.9 Å². The van der Waals surface area contributed by atoms with Crippen molar-refractivity contribution in [3.8, 4) is 0 Å². The van der Waals surface area contributed by atoms with E-state index < -0.39 is 11.6 Å². The van der Waals surface area contributed by atoms with Crippen LogP contribution in [-0.4, -0.2) is 11.0 Å². The minimum Gasteiger partial charge on any atom is -0.310 e. The SMILES string of the molecule is C[C@H](CCCCc1ccc(F)cc1F)NCc1ccc2cnccc2c1.Cl. The maximum atomic E-state index is 13.6. The van der Waals surface area contributed by atoms with E-state index in [-0.39, 0.29) is 12.4 Å². The van der Waals surface area contributed by atoms with E-state index in [9.17, 15) is 8.78 Å². The number of fused-ring (bicyclic) bond motifs is 1. The highest BCUT2D eigenvalue weighted by Crippen LogP contribution is 2.16. The zero-order valence-corrected chi connectivity index (χ0v) is 16.2. The van der Waals surface area contributed by atoms with E-state index >= 15 is 0 Å². The highest BCUT2D eigenvalue weighted by Gasteiger charge is 2.06. The van der Waals surface area contributed by atoms with Crippen LogP contribution in [0.3, 0.4) is 0 Å². The van der Waals surface area contributed by atoms with Crippen molar-refractivity contribution in [2.75, 3.05) is 0 Å². The first kappa shape index (κ1) is 21.3. The second-order valence-corrected chi connectivity index (χ2v) is 6.82. The van der Waals surface area contributed by atoms with Crippen molar-refractivity contribution in [1.29, 1.82) is 0 Å². The quantitative estimate of drug-likeness (QED) is 0.490. The van der Waals surface area contributed by atoms with Crippen LogP contribution in [0.2, 0.25) is 0 Å². The predicted molar refractivity (Wildman–Crippen MR) is 109 cm³/mol. The number of rotatable bonds is 8. The van der Waals surface area contributed by atoms with Gasteiger partial charge in [-0.15, -0.1) is 12.4 Å². The molecule has 2 aromatic carbocycles. The van der Waals surface area contributed by atoms with Crippen molar-refractivity contribution >= 4 is 23.2 Å². The van der Waals surface area contributed by atoms with E-state index in [1.54, 1.807) is 6.07 Å². The van der Waals surface area contributed by atoms with Crippen LogP contribution in [0.25, 0.3) is 10.8 Å². The van der Waals surface area contributed by atoms with Crippen LogP contribution in [-0.2, 0) is 13.0 Å². The third kappa shape index (κ3) is 6.26. The molecule has 0 fully saturated rings. The average Bonchev–Trinajstić information content (AvgIpc) is 2.65. The van der Waals surface area contributed by atoms with Crippen LogP contribution in [0.4, 0.5) is 8.78 Å². The summed E-state index contributed by atoms with van der Waals surface area (Å²) in [5.74, 6) is -0.961. The molecule has 2 nitrogen and oxygen atoms in total. The van der Waals surface area contributed by atoms with E-state index in [4.69, 9.17) is 0 Å². The van der Waals surface area contributed by atoms with Gasteiger partial charge in [0.15, 0.2) is 0 Å².